The standard InChI is InChI=1S/C10H21N3O/c1-9(2)13(5-6-14-4)8-10(7-11)12-3/h9-10,12H,5-6,8H2,1-4H3. The number of methoxy groups -OCH3 is 1. The van der Waals surface area contributed by atoms with Crippen LogP contribution in [-0.4, -0.2) is 50.8 Å². The lowest BCUT2D eigenvalue weighted by Crippen LogP contribution is -2.43. The van der Waals surface area contributed by atoms with E-state index in [0.717, 1.165) is 13.1 Å². The molecule has 0 amide bonds. The monoisotopic (exact) mass is 199 g/mol. The second-order valence-corrected chi connectivity index (χ2v) is 3.55. The fourth-order valence-corrected chi connectivity index (χ4v) is 1.20. The van der Waals surface area contributed by atoms with Crippen LogP contribution < -0.4 is 5.32 Å². The average molecular weight is 199 g/mol. The lowest BCUT2D eigenvalue weighted by Gasteiger charge is -2.27. The van der Waals surface area contributed by atoms with Gasteiger partial charge in [0.15, 0.2) is 0 Å². The summed E-state index contributed by atoms with van der Waals surface area (Å²) >= 11 is 0. The number of ether oxygens (including phenoxy) is 1. The first-order valence-electron chi connectivity index (χ1n) is 4.95. The van der Waals surface area contributed by atoms with Crippen LogP contribution in [0.1, 0.15) is 13.8 Å². The Morgan fingerprint density at radius 3 is 2.50 bits per heavy atom. The molecule has 4 nitrogen and oxygen atoms in total. The summed E-state index contributed by atoms with van der Waals surface area (Å²) in [5, 5.41) is 11.8. The van der Waals surface area contributed by atoms with Gasteiger partial charge in [-0.25, -0.2) is 0 Å². The molecular weight excluding hydrogens is 178 g/mol. The number of nitrogens with one attached hydrogen (secondary N) is 1. The lowest BCUT2D eigenvalue weighted by atomic mass is 10.2. The van der Waals surface area contributed by atoms with Crippen LogP contribution in [0.3, 0.4) is 0 Å². The van der Waals surface area contributed by atoms with Crippen LogP contribution in [-0.2, 0) is 4.74 Å². The zero-order valence-corrected chi connectivity index (χ0v) is 9.58. The van der Waals surface area contributed by atoms with E-state index in [1.165, 1.54) is 0 Å². The van der Waals surface area contributed by atoms with Gasteiger partial charge in [0.1, 0.15) is 6.04 Å². The fraction of sp³-hybridized carbons (Fsp3) is 0.900. The van der Waals surface area contributed by atoms with Crippen molar-refractivity contribution in [3.63, 3.8) is 0 Å². The highest BCUT2D eigenvalue weighted by Gasteiger charge is 2.14. The molecule has 0 saturated carbocycles. The van der Waals surface area contributed by atoms with E-state index >= 15 is 0 Å². The maximum atomic E-state index is 8.81. The molecule has 0 aliphatic rings. The zero-order valence-electron chi connectivity index (χ0n) is 9.58. The minimum atomic E-state index is -0.103. The molecule has 0 aromatic carbocycles. The van der Waals surface area contributed by atoms with Gasteiger partial charge in [0.05, 0.1) is 12.7 Å². The first kappa shape index (κ1) is 13.4. The molecule has 0 aromatic rings. The molecule has 1 unspecified atom stereocenters. The molecule has 1 atom stereocenters. The number of rotatable bonds is 7. The molecule has 0 heterocycles. The summed E-state index contributed by atoms with van der Waals surface area (Å²) in [5.41, 5.74) is 0. The van der Waals surface area contributed by atoms with Gasteiger partial charge in [-0.05, 0) is 20.9 Å². The predicted molar refractivity (Wildman–Crippen MR) is 57.0 cm³/mol. The highest BCUT2D eigenvalue weighted by Crippen LogP contribution is 1.99. The summed E-state index contributed by atoms with van der Waals surface area (Å²) in [7, 11) is 3.50. The summed E-state index contributed by atoms with van der Waals surface area (Å²) in [6, 6.07) is 2.56. The quantitative estimate of drug-likeness (QED) is 0.647. The largest absolute Gasteiger partial charge is 0.383 e. The third-order valence-electron chi connectivity index (χ3n) is 2.23. The molecule has 0 aliphatic heterocycles. The van der Waals surface area contributed by atoms with Gasteiger partial charge in [-0.15, -0.1) is 0 Å². The maximum absolute atomic E-state index is 8.81. The van der Waals surface area contributed by atoms with E-state index in [2.05, 4.69) is 30.1 Å². The van der Waals surface area contributed by atoms with Gasteiger partial charge in [-0.3, -0.25) is 4.90 Å². The van der Waals surface area contributed by atoms with Crippen molar-refractivity contribution in [2.75, 3.05) is 33.9 Å². The Kier molecular flexibility index (Phi) is 7.40. The highest BCUT2D eigenvalue weighted by atomic mass is 16.5. The van der Waals surface area contributed by atoms with Crippen LogP contribution in [0.2, 0.25) is 0 Å². The fourth-order valence-electron chi connectivity index (χ4n) is 1.20. The first-order chi connectivity index (χ1) is 6.65. The third-order valence-corrected chi connectivity index (χ3v) is 2.23. The molecule has 0 radical (unpaired) electrons. The van der Waals surface area contributed by atoms with Crippen LogP contribution in [0.25, 0.3) is 0 Å². The van der Waals surface area contributed by atoms with Gasteiger partial charge in [0.2, 0.25) is 0 Å². The van der Waals surface area contributed by atoms with Crippen molar-refractivity contribution >= 4 is 0 Å². The van der Waals surface area contributed by atoms with Crippen molar-refractivity contribution in [1.29, 1.82) is 5.26 Å². The third kappa shape index (κ3) is 5.18. The summed E-state index contributed by atoms with van der Waals surface area (Å²) < 4.78 is 5.03. The van der Waals surface area contributed by atoms with Gasteiger partial charge in [-0.1, -0.05) is 0 Å². The Morgan fingerprint density at radius 1 is 1.50 bits per heavy atom. The molecule has 82 valence electrons. The maximum Gasteiger partial charge on any atom is 0.108 e. The van der Waals surface area contributed by atoms with Gasteiger partial charge < -0.3 is 10.1 Å². The first-order valence-corrected chi connectivity index (χ1v) is 4.95. The van der Waals surface area contributed by atoms with Crippen molar-refractivity contribution in [2.24, 2.45) is 0 Å². The molecule has 1 N–H and O–H groups in total. The Morgan fingerprint density at radius 2 is 2.14 bits per heavy atom. The molecule has 4 heteroatoms. The predicted octanol–water partition coefficient (Wildman–Crippen LogP) is 0.455. The molecule has 0 aliphatic carbocycles. The molecule has 0 spiro atoms. The Balaban J connectivity index is 4.02. The Labute approximate surface area is 86.8 Å². The van der Waals surface area contributed by atoms with Gasteiger partial charge in [0, 0.05) is 26.2 Å². The van der Waals surface area contributed by atoms with Gasteiger partial charge in [0.25, 0.3) is 0 Å². The molecule has 0 saturated heterocycles. The van der Waals surface area contributed by atoms with Crippen LogP contribution >= 0.6 is 0 Å². The normalized spacial score (nSPS) is 13.2. The number of likely N-dealkylation sites (N-methyl/N-ethyl adjacent to an activating group) is 1. The topological polar surface area (TPSA) is 48.3 Å². The van der Waals surface area contributed by atoms with Crippen molar-refractivity contribution < 1.29 is 4.74 Å². The molecule has 14 heavy (non-hydrogen) atoms. The number of hydrogen-bond donors (Lipinski definition) is 1. The summed E-state index contributed by atoms with van der Waals surface area (Å²) in [5.74, 6) is 0. The van der Waals surface area contributed by atoms with E-state index in [1.807, 2.05) is 7.05 Å². The SMILES string of the molecule is CNC(C#N)CN(CCOC)C(C)C. The van der Waals surface area contributed by atoms with Crippen molar-refractivity contribution in [3.05, 3.63) is 0 Å². The Hall–Kier alpha value is -0.630. The minimum absolute atomic E-state index is 0.103. The van der Waals surface area contributed by atoms with Crippen molar-refractivity contribution in [2.45, 2.75) is 25.9 Å². The van der Waals surface area contributed by atoms with Gasteiger partial charge >= 0.3 is 0 Å². The van der Waals surface area contributed by atoms with E-state index < -0.39 is 0 Å². The minimum Gasteiger partial charge on any atom is -0.383 e. The highest BCUT2D eigenvalue weighted by molar-refractivity contribution is 4.91. The number of nitrogens with zero attached hydrogens (tertiary/aromatic N) is 2. The Bertz CT molecular complexity index is 177. The molecule has 0 aromatic heterocycles. The van der Waals surface area contributed by atoms with Crippen LogP contribution in [0, 0.1) is 11.3 Å². The van der Waals surface area contributed by atoms with E-state index in [0.29, 0.717) is 12.6 Å². The van der Waals surface area contributed by atoms with E-state index in [9.17, 15) is 0 Å². The second-order valence-electron chi connectivity index (χ2n) is 3.55. The van der Waals surface area contributed by atoms with Crippen LogP contribution in [0.5, 0.6) is 0 Å². The van der Waals surface area contributed by atoms with Crippen molar-refractivity contribution in [1.82, 2.24) is 10.2 Å². The molecule has 0 bridgehead atoms. The van der Waals surface area contributed by atoms with Gasteiger partial charge in [-0.2, -0.15) is 5.26 Å². The molecule has 0 rings (SSSR count). The number of hydrogen-bond acceptors (Lipinski definition) is 4. The second kappa shape index (κ2) is 7.74. The average Bonchev–Trinajstić information content (AvgIpc) is 2.18. The summed E-state index contributed by atoms with van der Waals surface area (Å²) in [6.45, 7) is 6.57. The zero-order chi connectivity index (χ0) is 11.0. The molecular formula is C10H21N3O. The molecule has 0 fully saturated rings. The van der Waals surface area contributed by atoms with Crippen LogP contribution in [0.15, 0.2) is 0 Å². The smallest absolute Gasteiger partial charge is 0.108 e. The van der Waals surface area contributed by atoms with Crippen molar-refractivity contribution in [3.8, 4) is 6.07 Å². The summed E-state index contributed by atoms with van der Waals surface area (Å²) in [6.07, 6.45) is 0. The summed E-state index contributed by atoms with van der Waals surface area (Å²) in [4.78, 5) is 2.23. The van der Waals surface area contributed by atoms with Crippen LogP contribution in [0.4, 0.5) is 0 Å². The van der Waals surface area contributed by atoms with E-state index in [1.54, 1.807) is 7.11 Å². The van der Waals surface area contributed by atoms with E-state index in [4.69, 9.17) is 10.00 Å². The van der Waals surface area contributed by atoms with E-state index in [-0.39, 0.29) is 6.04 Å². The number of nitriles is 1. The lowest BCUT2D eigenvalue weighted by molar-refractivity contribution is 0.126.